The van der Waals surface area contributed by atoms with E-state index in [-0.39, 0.29) is 5.91 Å². The highest BCUT2D eigenvalue weighted by molar-refractivity contribution is 5.94. The molecular weight excluding hydrogens is 254 g/mol. The molecule has 0 fully saturated rings. The second kappa shape index (κ2) is 5.48. The topological polar surface area (TPSA) is 56.0 Å². The van der Waals surface area contributed by atoms with E-state index < -0.39 is 0 Å². The van der Waals surface area contributed by atoms with Crippen molar-refractivity contribution in [2.75, 3.05) is 7.05 Å². The smallest absolute Gasteiger partial charge is 0.257 e. The van der Waals surface area contributed by atoms with E-state index >= 15 is 0 Å². The summed E-state index contributed by atoms with van der Waals surface area (Å²) in [5.41, 5.74) is 3.57. The van der Waals surface area contributed by atoms with Crippen molar-refractivity contribution in [2.24, 2.45) is 7.05 Å². The highest BCUT2D eigenvalue weighted by Crippen LogP contribution is 2.13. The van der Waals surface area contributed by atoms with Gasteiger partial charge in [0.05, 0.1) is 17.5 Å². The maximum absolute atomic E-state index is 12.4. The van der Waals surface area contributed by atoms with Crippen molar-refractivity contribution in [3.05, 3.63) is 34.9 Å². The summed E-state index contributed by atoms with van der Waals surface area (Å²) in [5, 5.41) is 8.51. The van der Waals surface area contributed by atoms with Crippen molar-refractivity contribution in [1.29, 1.82) is 0 Å². The van der Waals surface area contributed by atoms with Crippen LogP contribution in [0.25, 0.3) is 0 Å². The van der Waals surface area contributed by atoms with Gasteiger partial charge in [-0.2, -0.15) is 10.2 Å². The molecule has 108 valence electrons. The molecule has 0 aliphatic rings. The zero-order valence-electron chi connectivity index (χ0n) is 12.7. The van der Waals surface area contributed by atoms with Gasteiger partial charge < -0.3 is 4.90 Å². The van der Waals surface area contributed by atoms with Gasteiger partial charge in [-0.15, -0.1) is 0 Å². The lowest BCUT2D eigenvalue weighted by Crippen LogP contribution is -2.26. The molecule has 2 rings (SSSR count). The molecule has 0 aliphatic heterocycles. The zero-order chi connectivity index (χ0) is 14.9. The number of carbonyl (C=O) groups excluding carboxylic acids is 1. The highest BCUT2D eigenvalue weighted by Gasteiger charge is 2.18. The van der Waals surface area contributed by atoms with Crippen LogP contribution < -0.4 is 0 Å². The van der Waals surface area contributed by atoms with Gasteiger partial charge in [-0.3, -0.25) is 14.2 Å². The molecule has 0 N–H and O–H groups in total. The second-order valence-electron chi connectivity index (χ2n) is 5.02. The Labute approximate surface area is 119 Å². The summed E-state index contributed by atoms with van der Waals surface area (Å²) in [6.07, 6.45) is 3.62. The van der Waals surface area contributed by atoms with Gasteiger partial charge in [0.1, 0.15) is 0 Å². The normalized spacial score (nSPS) is 10.8. The molecule has 0 atom stereocenters. The van der Waals surface area contributed by atoms with Crippen molar-refractivity contribution in [3.8, 4) is 0 Å². The standard InChI is InChI=1S/C14H21N5O/c1-6-19-9-12(10(2)16-19)8-17(4)14(20)13-7-15-18(5)11(13)3/h7,9H,6,8H2,1-5H3. The predicted octanol–water partition coefficient (Wildman–Crippen LogP) is 1.53. The first-order valence-corrected chi connectivity index (χ1v) is 6.71. The fourth-order valence-corrected chi connectivity index (χ4v) is 2.12. The van der Waals surface area contributed by atoms with Gasteiger partial charge in [-0.05, 0) is 20.8 Å². The molecule has 0 saturated carbocycles. The maximum Gasteiger partial charge on any atom is 0.257 e. The molecule has 2 aromatic heterocycles. The lowest BCUT2D eigenvalue weighted by atomic mass is 10.2. The first-order valence-electron chi connectivity index (χ1n) is 6.71. The van der Waals surface area contributed by atoms with Crippen molar-refractivity contribution < 1.29 is 4.79 Å². The average molecular weight is 275 g/mol. The van der Waals surface area contributed by atoms with Crippen molar-refractivity contribution >= 4 is 5.91 Å². The maximum atomic E-state index is 12.4. The summed E-state index contributed by atoms with van der Waals surface area (Å²) in [6, 6.07) is 0. The van der Waals surface area contributed by atoms with Gasteiger partial charge >= 0.3 is 0 Å². The molecule has 6 heteroatoms. The van der Waals surface area contributed by atoms with Crippen molar-refractivity contribution in [3.63, 3.8) is 0 Å². The monoisotopic (exact) mass is 275 g/mol. The van der Waals surface area contributed by atoms with Crippen LogP contribution in [0.15, 0.2) is 12.4 Å². The average Bonchev–Trinajstić information content (AvgIpc) is 2.94. The number of aryl methyl sites for hydroxylation is 3. The molecule has 0 spiro atoms. The van der Waals surface area contributed by atoms with Crippen LogP contribution >= 0.6 is 0 Å². The minimum absolute atomic E-state index is 0.0146. The second-order valence-corrected chi connectivity index (χ2v) is 5.02. The van der Waals surface area contributed by atoms with Gasteiger partial charge in [-0.25, -0.2) is 0 Å². The Bertz CT molecular complexity index is 626. The van der Waals surface area contributed by atoms with Gasteiger partial charge in [0.2, 0.25) is 0 Å². The number of hydrogen-bond donors (Lipinski definition) is 0. The molecular formula is C14H21N5O. The summed E-state index contributed by atoms with van der Waals surface area (Å²) < 4.78 is 3.60. The van der Waals surface area contributed by atoms with E-state index in [1.54, 1.807) is 22.8 Å². The Morgan fingerprint density at radius 3 is 2.60 bits per heavy atom. The lowest BCUT2D eigenvalue weighted by molar-refractivity contribution is 0.0784. The molecule has 2 aromatic rings. The Morgan fingerprint density at radius 1 is 1.40 bits per heavy atom. The molecule has 0 saturated heterocycles. The fourth-order valence-electron chi connectivity index (χ4n) is 2.12. The summed E-state index contributed by atoms with van der Waals surface area (Å²) in [7, 11) is 3.64. The molecule has 0 bridgehead atoms. The van der Waals surface area contributed by atoms with E-state index in [9.17, 15) is 4.79 Å². The molecule has 20 heavy (non-hydrogen) atoms. The first-order chi connectivity index (χ1) is 9.43. The molecule has 0 radical (unpaired) electrons. The van der Waals surface area contributed by atoms with Crippen LogP contribution in [0.4, 0.5) is 0 Å². The Balaban J connectivity index is 2.15. The number of rotatable bonds is 4. The molecule has 0 aliphatic carbocycles. The Morgan fingerprint density at radius 2 is 2.10 bits per heavy atom. The SMILES string of the molecule is CCn1cc(CN(C)C(=O)c2cnn(C)c2C)c(C)n1. The number of aromatic nitrogens is 4. The summed E-state index contributed by atoms with van der Waals surface area (Å²) in [5.74, 6) is -0.0146. The van der Waals surface area contributed by atoms with Gasteiger partial charge in [0.15, 0.2) is 0 Å². The molecule has 0 unspecified atom stereocenters. The summed E-state index contributed by atoms with van der Waals surface area (Å²) in [6.45, 7) is 7.30. The van der Waals surface area contributed by atoms with Crippen molar-refractivity contribution in [2.45, 2.75) is 33.9 Å². The number of amides is 1. The third-order valence-corrected chi connectivity index (χ3v) is 3.59. The van der Waals surface area contributed by atoms with E-state index in [4.69, 9.17) is 0 Å². The van der Waals surface area contributed by atoms with E-state index in [1.807, 2.05) is 38.7 Å². The van der Waals surface area contributed by atoms with Crippen LogP contribution in [0.3, 0.4) is 0 Å². The molecule has 1 amide bonds. The lowest BCUT2D eigenvalue weighted by Gasteiger charge is -2.16. The minimum Gasteiger partial charge on any atom is -0.337 e. The van der Waals surface area contributed by atoms with Gasteiger partial charge in [0.25, 0.3) is 5.91 Å². The van der Waals surface area contributed by atoms with Gasteiger partial charge in [-0.1, -0.05) is 0 Å². The largest absolute Gasteiger partial charge is 0.337 e. The molecule has 0 aromatic carbocycles. The third kappa shape index (κ3) is 2.59. The summed E-state index contributed by atoms with van der Waals surface area (Å²) in [4.78, 5) is 14.1. The number of hydrogen-bond acceptors (Lipinski definition) is 3. The van der Waals surface area contributed by atoms with Crippen LogP contribution in [0, 0.1) is 13.8 Å². The first kappa shape index (κ1) is 14.3. The quantitative estimate of drug-likeness (QED) is 0.850. The number of carbonyl (C=O) groups is 1. The minimum atomic E-state index is -0.0146. The van der Waals surface area contributed by atoms with Gasteiger partial charge in [0, 0.05) is 44.6 Å². The van der Waals surface area contributed by atoms with Crippen LogP contribution in [0.1, 0.15) is 34.2 Å². The Hall–Kier alpha value is -2.11. The van der Waals surface area contributed by atoms with E-state index in [1.165, 1.54) is 0 Å². The van der Waals surface area contributed by atoms with E-state index in [0.717, 1.165) is 23.5 Å². The zero-order valence-corrected chi connectivity index (χ0v) is 12.7. The molecule has 2 heterocycles. The number of nitrogens with zero attached hydrogens (tertiary/aromatic N) is 5. The van der Waals surface area contributed by atoms with E-state index in [0.29, 0.717) is 12.1 Å². The van der Waals surface area contributed by atoms with E-state index in [2.05, 4.69) is 10.2 Å². The van der Waals surface area contributed by atoms with Crippen LogP contribution in [-0.4, -0.2) is 37.4 Å². The van der Waals surface area contributed by atoms with Crippen LogP contribution in [0.2, 0.25) is 0 Å². The Kier molecular flexibility index (Phi) is 3.92. The fraction of sp³-hybridized carbons (Fsp3) is 0.500. The predicted molar refractivity (Wildman–Crippen MR) is 76.4 cm³/mol. The molecule has 6 nitrogen and oxygen atoms in total. The van der Waals surface area contributed by atoms with Crippen LogP contribution in [0.5, 0.6) is 0 Å². The summed E-state index contributed by atoms with van der Waals surface area (Å²) >= 11 is 0. The third-order valence-electron chi connectivity index (χ3n) is 3.59. The van der Waals surface area contributed by atoms with Crippen molar-refractivity contribution in [1.82, 2.24) is 24.5 Å². The van der Waals surface area contributed by atoms with Crippen LogP contribution in [-0.2, 0) is 20.1 Å². The highest BCUT2D eigenvalue weighted by atomic mass is 16.2.